The number of rotatable bonds is 6. The number of aliphatic hydroxyl groups is 3. The number of phenols is 1. The van der Waals surface area contributed by atoms with E-state index in [2.05, 4.69) is 0 Å². The van der Waals surface area contributed by atoms with Crippen molar-refractivity contribution in [1.29, 1.82) is 0 Å². The van der Waals surface area contributed by atoms with Gasteiger partial charge < -0.3 is 20.4 Å². The Kier molecular flexibility index (Phi) is 7.24. The molecule has 1 fully saturated rings. The van der Waals surface area contributed by atoms with Gasteiger partial charge in [0.1, 0.15) is 22.8 Å². The first-order valence-electron chi connectivity index (χ1n) is 14.2. The van der Waals surface area contributed by atoms with Gasteiger partial charge in [0.2, 0.25) is 5.78 Å². The van der Waals surface area contributed by atoms with Crippen LogP contribution in [0.2, 0.25) is 0 Å². The smallest absolute Gasteiger partial charge is 0.203 e. The van der Waals surface area contributed by atoms with Gasteiger partial charge in [-0.05, 0) is 55.2 Å². The lowest BCUT2D eigenvalue weighted by Gasteiger charge is -2.59. The summed E-state index contributed by atoms with van der Waals surface area (Å²) in [6.45, 7) is 14.3. The van der Waals surface area contributed by atoms with E-state index in [1.165, 1.54) is 0 Å². The van der Waals surface area contributed by atoms with E-state index in [1.54, 1.807) is 26.8 Å². The summed E-state index contributed by atoms with van der Waals surface area (Å²) in [4.78, 5) is 40.6. The summed E-state index contributed by atoms with van der Waals surface area (Å²) in [6.07, 6.45) is 5.85. The average Bonchev–Trinajstić information content (AvgIpc) is 2.82. The summed E-state index contributed by atoms with van der Waals surface area (Å²) in [5, 5.41) is 46.6. The number of aliphatic hydroxyl groups excluding tert-OH is 2. The summed E-state index contributed by atoms with van der Waals surface area (Å²) < 4.78 is 0. The number of carbonyl (C=O) groups excluding carboxylic acids is 3. The van der Waals surface area contributed by atoms with E-state index in [9.17, 15) is 34.8 Å². The van der Waals surface area contributed by atoms with E-state index >= 15 is 0 Å². The monoisotopic (exact) mass is 550 g/mol. The number of hydrogen-bond donors (Lipinski definition) is 4. The fourth-order valence-electron chi connectivity index (χ4n) is 7.85. The molecule has 1 aromatic carbocycles. The van der Waals surface area contributed by atoms with Gasteiger partial charge in [0, 0.05) is 27.9 Å². The molecule has 0 bridgehead atoms. The van der Waals surface area contributed by atoms with Crippen molar-refractivity contribution in [3.8, 4) is 5.75 Å². The third-order valence-electron chi connectivity index (χ3n) is 9.44. The fourth-order valence-corrected chi connectivity index (χ4v) is 7.85. The molecule has 4 N–H and O–H groups in total. The van der Waals surface area contributed by atoms with Crippen LogP contribution in [0.25, 0.3) is 11.8 Å². The number of fused-ring (bicyclic) bond motifs is 3. The van der Waals surface area contributed by atoms with Crippen molar-refractivity contribution in [2.24, 2.45) is 22.7 Å². The second-order valence-electron chi connectivity index (χ2n) is 13.1. The highest BCUT2D eigenvalue weighted by molar-refractivity contribution is 6.24. The minimum Gasteiger partial charge on any atom is -0.508 e. The maximum absolute atomic E-state index is 14.4. The van der Waals surface area contributed by atoms with Crippen molar-refractivity contribution in [3.63, 3.8) is 0 Å². The molecule has 0 heterocycles. The summed E-state index contributed by atoms with van der Waals surface area (Å²) in [7, 11) is 0. The highest BCUT2D eigenvalue weighted by Crippen LogP contribution is 2.65. The summed E-state index contributed by atoms with van der Waals surface area (Å²) in [5.41, 5.74) is -3.45. The van der Waals surface area contributed by atoms with Crippen LogP contribution in [0.4, 0.5) is 0 Å². The van der Waals surface area contributed by atoms with Gasteiger partial charge in [-0.1, -0.05) is 67.0 Å². The Morgan fingerprint density at radius 2 is 1.75 bits per heavy atom. The number of phenolic OH excluding ortho intramolecular Hbond substituents is 1. The van der Waals surface area contributed by atoms with Crippen molar-refractivity contribution < 1.29 is 34.8 Å². The maximum Gasteiger partial charge on any atom is 0.203 e. The van der Waals surface area contributed by atoms with Crippen molar-refractivity contribution in [2.75, 3.05) is 0 Å². The molecule has 40 heavy (non-hydrogen) atoms. The standard InChI is InChI=1S/C33H42O7/c1-9-10-11-12-19-13-20(16(2)3)21-14-31(7)15-32(8)24(17(4)5)27(36)22(18(6)34)29(38)33(32,40)30(39)25(31)28(37)23(21)26(19)35/h11-13,16-17,24,35,37-38,40H,9-10,14-15H2,1-8H3/b12-11+/t24?,31-,32-,33+/m1/s1. The van der Waals surface area contributed by atoms with Gasteiger partial charge in [0.05, 0.1) is 5.56 Å². The molecule has 1 unspecified atom stereocenters. The third kappa shape index (κ3) is 3.84. The Morgan fingerprint density at radius 3 is 2.27 bits per heavy atom. The average molecular weight is 551 g/mol. The first kappa shape index (κ1) is 29.8. The molecule has 7 nitrogen and oxygen atoms in total. The Balaban J connectivity index is 2.08. The van der Waals surface area contributed by atoms with E-state index in [-0.39, 0.29) is 41.6 Å². The van der Waals surface area contributed by atoms with Gasteiger partial charge in [-0.25, -0.2) is 0 Å². The minimum absolute atomic E-state index is 0.0437. The lowest BCUT2D eigenvalue weighted by atomic mass is 9.43. The Labute approximate surface area is 236 Å². The second-order valence-corrected chi connectivity index (χ2v) is 13.1. The first-order valence-corrected chi connectivity index (χ1v) is 14.2. The molecule has 1 aromatic rings. The minimum atomic E-state index is -2.60. The van der Waals surface area contributed by atoms with Crippen molar-refractivity contribution in [2.45, 2.75) is 92.6 Å². The van der Waals surface area contributed by atoms with E-state index < -0.39 is 56.8 Å². The van der Waals surface area contributed by atoms with Crippen LogP contribution in [0.5, 0.6) is 5.75 Å². The molecule has 0 aliphatic heterocycles. The van der Waals surface area contributed by atoms with E-state index in [0.717, 1.165) is 30.9 Å². The number of ketones is 3. The number of unbranched alkanes of at least 4 members (excludes halogenated alkanes) is 1. The lowest BCUT2D eigenvalue weighted by molar-refractivity contribution is -0.178. The molecule has 0 saturated heterocycles. The quantitative estimate of drug-likeness (QED) is 0.313. The maximum atomic E-state index is 14.4. The molecule has 216 valence electrons. The molecule has 0 spiro atoms. The molecule has 3 aliphatic rings. The molecule has 3 aliphatic carbocycles. The lowest BCUT2D eigenvalue weighted by Crippen LogP contribution is -2.69. The van der Waals surface area contributed by atoms with E-state index in [1.807, 2.05) is 39.8 Å². The van der Waals surface area contributed by atoms with Crippen LogP contribution in [0.15, 0.2) is 29.0 Å². The fraction of sp³-hybridized carbons (Fsp3) is 0.545. The summed E-state index contributed by atoms with van der Waals surface area (Å²) in [6, 6.07) is 1.92. The van der Waals surface area contributed by atoms with Gasteiger partial charge in [0.15, 0.2) is 17.2 Å². The first-order chi connectivity index (χ1) is 18.5. The van der Waals surface area contributed by atoms with Crippen LogP contribution in [-0.2, 0) is 20.8 Å². The van der Waals surface area contributed by atoms with Crippen LogP contribution < -0.4 is 0 Å². The Hall–Kier alpha value is -3.19. The molecule has 0 amide bonds. The second kappa shape index (κ2) is 9.72. The van der Waals surface area contributed by atoms with E-state index in [0.29, 0.717) is 5.56 Å². The number of benzene rings is 1. The van der Waals surface area contributed by atoms with Gasteiger partial charge >= 0.3 is 0 Å². The third-order valence-corrected chi connectivity index (χ3v) is 9.44. The largest absolute Gasteiger partial charge is 0.508 e. The van der Waals surface area contributed by atoms with Gasteiger partial charge in [-0.2, -0.15) is 0 Å². The molecule has 4 rings (SSSR count). The molecule has 0 radical (unpaired) electrons. The normalized spacial score (nSPS) is 30.3. The number of aromatic hydroxyl groups is 1. The summed E-state index contributed by atoms with van der Waals surface area (Å²) in [5.74, 6) is -5.06. The zero-order valence-corrected chi connectivity index (χ0v) is 24.8. The Morgan fingerprint density at radius 1 is 1.12 bits per heavy atom. The molecule has 1 saturated carbocycles. The van der Waals surface area contributed by atoms with Gasteiger partial charge in [0.25, 0.3) is 0 Å². The summed E-state index contributed by atoms with van der Waals surface area (Å²) >= 11 is 0. The molecule has 7 heteroatoms. The van der Waals surface area contributed by atoms with Crippen molar-refractivity contribution in [3.05, 3.63) is 51.3 Å². The van der Waals surface area contributed by atoms with Crippen LogP contribution >= 0.6 is 0 Å². The molecular formula is C33H42O7. The van der Waals surface area contributed by atoms with Crippen molar-refractivity contribution in [1.82, 2.24) is 0 Å². The highest BCUT2D eigenvalue weighted by Gasteiger charge is 2.72. The van der Waals surface area contributed by atoms with Crippen LogP contribution in [0, 0.1) is 22.7 Å². The topological polar surface area (TPSA) is 132 Å². The predicted octanol–water partition coefficient (Wildman–Crippen LogP) is 6.13. The van der Waals surface area contributed by atoms with Crippen molar-refractivity contribution >= 4 is 29.2 Å². The zero-order valence-electron chi connectivity index (χ0n) is 24.8. The molecule has 4 atom stereocenters. The molecular weight excluding hydrogens is 508 g/mol. The number of carbonyl (C=O) groups is 3. The molecule has 0 aromatic heterocycles. The zero-order chi connectivity index (χ0) is 30.1. The number of Topliss-reactive ketones (excluding diaryl/α,β-unsaturated/α-hetero) is 3. The highest BCUT2D eigenvalue weighted by atomic mass is 16.3. The van der Waals surface area contributed by atoms with Gasteiger partial charge in [-0.15, -0.1) is 0 Å². The number of hydrogen-bond acceptors (Lipinski definition) is 7. The van der Waals surface area contributed by atoms with E-state index in [4.69, 9.17) is 0 Å². The van der Waals surface area contributed by atoms with Crippen LogP contribution in [-0.4, -0.2) is 43.4 Å². The predicted molar refractivity (Wildman–Crippen MR) is 154 cm³/mol. The SMILES string of the molecule is CCC/C=C/c1cc(C(C)C)c2c(c1O)C(O)=C1C(=O)[C@@]3(O)C(O)=C(C(C)=O)C(=O)C(C(C)C)[C@@]3(C)C[C@@]1(C)C2. The Bertz CT molecular complexity index is 1410. The van der Waals surface area contributed by atoms with Crippen LogP contribution in [0.3, 0.4) is 0 Å². The number of allylic oxidation sites excluding steroid dienone is 2. The van der Waals surface area contributed by atoms with Crippen LogP contribution in [0.1, 0.15) is 103 Å². The van der Waals surface area contributed by atoms with Gasteiger partial charge in [-0.3, -0.25) is 14.4 Å².